The molecule has 1 unspecified atom stereocenters. The SMILES string of the molecule is CCC1CCN(C(C)=O)C1(C(=O)O)C(=O)O. The molecule has 0 aromatic carbocycles. The Balaban J connectivity index is 3.30. The van der Waals surface area contributed by atoms with E-state index >= 15 is 0 Å². The third-order valence-corrected chi connectivity index (χ3v) is 3.24. The number of amides is 1. The van der Waals surface area contributed by atoms with Crippen molar-refractivity contribution >= 4 is 17.8 Å². The lowest BCUT2D eigenvalue weighted by Gasteiger charge is -2.33. The number of hydrogen-bond donors (Lipinski definition) is 2. The molecular formula is C10H15NO5. The van der Waals surface area contributed by atoms with Crippen LogP contribution in [-0.2, 0) is 14.4 Å². The molecule has 1 heterocycles. The van der Waals surface area contributed by atoms with Crippen LogP contribution in [0.2, 0.25) is 0 Å². The lowest BCUT2D eigenvalue weighted by Crippen LogP contribution is -2.61. The van der Waals surface area contributed by atoms with Crippen LogP contribution in [-0.4, -0.2) is 45.0 Å². The molecule has 0 radical (unpaired) electrons. The topological polar surface area (TPSA) is 94.9 Å². The molecule has 0 spiro atoms. The predicted molar refractivity (Wildman–Crippen MR) is 53.8 cm³/mol. The van der Waals surface area contributed by atoms with Crippen LogP contribution in [0, 0.1) is 5.92 Å². The smallest absolute Gasteiger partial charge is 0.341 e. The number of carbonyl (C=O) groups is 3. The largest absolute Gasteiger partial charge is 0.479 e. The van der Waals surface area contributed by atoms with E-state index in [2.05, 4.69) is 0 Å². The van der Waals surface area contributed by atoms with Crippen molar-refractivity contribution in [2.45, 2.75) is 32.2 Å². The van der Waals surface area contributed by atoms with Gasteiger partial charge in [-0.2, -0.15) is 0 Å². The van der Waals surface area contributed by atoms with Crippen LogP contribution in [0.15, 0.2) is 0 Å². The highest BCUT2D eigenvalue weighted by molar-refractivity contribution is 6.07. The first kappa shape index (κ1) is 12.5. The molecule has 90 valence electrons. The number of hydrogen-bond acceptors (Lipinski definition) is 3. The number of rotatable bonds is 3. The second kappa shape index (κ2) is 4.11. The van der Waals surface area contributed by atoms with Gasteiger partial charge in [-0.05, 0) is 12.8 Å². The molecule has 6 nitrogen and oxygen atoms in total. The molecular weight excluding hydrogens is 214 g/mol. The molecule has 16 heavy (non-hydrogen) atoms. The first-order chi connectivity index (χ1) is 7.38. The zero-order valence-corrected chi connectivity index (χ0v) is 9.27. The lowest BCUT2D eigenvalue weighted by molar-refractivity contribution is -0.172. The number of carbonyl (C=O) groups excluding carboxylic acids is 1. The Bertz CT molecular complexity index is 324. The summed E-state index contributed by atoms with van der Waals surface area (Å²) >= 11 is 0. The Morgan fingerprint density at radius 1 is 1.31 bits per heavy atom. The van der Waals surface area contributed by atoms with E-state index in [0.717, 1.165) is 4.90 Å². The zero-order valence-electron chi connectivity index (χ0n) is 9.27. The summed E-state index contributed by atoms with van der Waals surface area (Å²) in [6.07, 6.45) is 0.830. The highest BCUT2D eigenvalue weighted by atomic mass is 16.4. The van der Waals surface area contributed by atoms with Crippen molar-refractivity contribution in [3.8, 4) is 0 Å². The van der Waals surface area contributed by atoms with Crippen LogP contribution in [0.3, 0.4) is 0 Å². The second-order valence-corrected chi connectivity index (χ2v) is 3.94. The quantitative estimate of drug-likeness (QED) is 0.673. The van der Waals surface area contributed by atoms with E-state index in [4.69, 9.17) is 0 Å². The predicted octanol–water partition coefficient (Wildman–Crippen LogP) is 0.173. The highest BCUT2D eigenvalue weighted by Crippen LogP contribution is 2.38. The standard InChI is InChI=1S/C10H15NO5/c1-3-7-4-5-11(6(2)12)10(7,8(13)14)9(15)16/h7H,3-5H2,1-2H3,(H,13,14)(H,15,16). The molecule has 0 bridgehead atoms. The first-order valence-electron chi connectivity index (χ1n) is 5.14. The normalized spacial score (nSPS) is 23.1. The Morgan fingerprint density at radius 3 is 2.12 bits per heavy atom. The average molecular weight is 229 g/mol. The third kappa shape index (κ3) is 1.45. The van der Waals surface area contributed by atoms with Gasteiger partial charge in [0.05, 0.1) is 0 Å². The van der Waals surface area contributed by atoms with Gasteiger partial charge in [-0.1, -0.05) is 6.92 Å². The van der Waals surface area contributed by atoms with Gasteiger partial charge in [-0.15, -0.1) is 0 Å². The summed E-state index contributed by atoms with van der Waals surface area (Å²) in [7, 11) is 0. The molecule has 1 aliphatic rings. The van der Waals surface area contributed by atoms with Crippen molar-refractivity contribution in [2.75, 3.05) is 6.54 Å². The Hall–Kier alpha value is -1.59. The fourth-order valence-corrected chi connectivity index (χ4v) is 2.47. The summed E-state index contributed by atoms with van der Waals surface area (Å²) in [6, 6.07) is 0. The van der Waals surface area contributed by atoms with Crippen LogP contribution < -0.4 is 0 Å². The Labute approximate surface area is 92.9 Å². The van der Waals surface area contributed by atoms with E-state index in [1.807, 2.05) is 0 Å². The van der Waals surface area contributed by atoms with Crippen molar-refractivity contribution in [3.63, 3.8) is 0 Å². The lowest BCUT2D eigenvalue weighted by atomic mass is 9.83. The van der Waals surface area contributed by atoms with Crippen molar-refractivity contribution in [2.24, 2.45) is 5.92 Å². The molecule has 1 saturated heterocycles. The van der Waals surface area contributed by atoms with E-state index in [0.29, 0.717) is 12.8 Å². The van der Waals surface area contributed by atoms with Crippen molar-refractivity contribution in [3.05, 3.63) is 0 Å². The number of carboxylic acids is 2. The van der Waals surface area contributed by atoms with Gasteiger partial charge >= 0.3 is 11.9 Å². The van der Waals surface area contributed by atoms with Crippen LogP contribution in [0.4, 0.5) is 0 Å². The molecule has 0 saturated carbocycles. The molecule has 1 rings (SSSR count). The third-order valence-electron chi connectivity index (χ3n) is 3.24. The van der Waals surface area contributed by atoms with Crippen LogP contribution in [0.1, 0.15) is 26.7 Å². The van der Waals surface area contributed by atoms with Gasteiger partial charge in [0.25, 0.3) is 0 Å². The maximum atomic E-state index is 11.3. The van der Waals surface area contributed by atoms with Gasteiger partial charge < -0.3 is 15.1 Å². The minimum absolute atomic E-state index is 0.187. The number of nitrogens with zero attached hydrogens (tertiary/aromatic N) is 1. The highest BCUT2D eigenvalue weighted by Gasteiger charge is 2.61. The monoisotopic (exact) mass is 229 g/mol. The van der Waals surface area contributed by atoms with Gasteiger partial charge in [0.1, 0.15) is 0 Å². The van der Waals surface area contributed by atoms with Crippen LogP contribution >= 0.6 is 0 Å². The van der Waals surface area contributed by atoms with Gasteiger partial charge in [0, 0.05) is 19.4 Å². The summed E-state index contributed by atoms with van der Waals surface area (Å²) in [5.74, 6) is -3.97. The van der Waals surface area contributed by atoms with Gasteiger partial charge in [-0.3, -0.25) is 4.79 Å². The molecule has 1 atom stereocenters. The number of aliphatic carboxylic acids is 2. The molecule has 1 aliphatic heterocycles. The maximum Gasteiger partial charge on any atom is 0.341 e. The fourth-order valence-electron chi connectivity index (χ4n) is 2.47. The van der Waals surface area contributed by atoms with Crippen LogP contribution in [0.5, 0.6) is 0 Å². The summed E-state index contributed by atoms with van der Waals surface area (Å²) in [4.78, 5) is 34.8. The van der Waals surface area contributed by atoms with E-state index in [9.17, 15) is 24.6 Å². The molecule has 1 amide bonds. The van der Waals surface area contributed by atoms with Gasteiger partial charge in [0.15, 0.2) is 0 Å². The van der Waals surface area contributed by atoms with Crippen molar-refractivity contribution in [1.82, 2.24) is 4.90 Å². The van der Waals surface area contributed by atoms with Gasteiger partial charge in [-0.25, -0.2) is 9.59 Å². The Morgan fingerprint density at radius 2 is 1.81 bits per heavy atom. The van der Waals surface area contributed by atoms with E-state index in [1.165, 1.54) is 6.92 Å². The fraction of sp³-hybridized carbons (Fsp3) is 0.700. The van der Waals surface area contributed by atoms with Crippen molar-refractivity contribution in [1.29, 1.82) is 0 Å². The summed E-state index contributed by atoms with van der Waals surface area (Å²) in [5, 5.41) is 18.4. The van der Waals surface area contributed by atoms with Crippen molar-refractivity contribution < 1.29 is 24.6 Å². The maximum absolute atomic E-state index is 11.3. The second-order valence-electron chi connectivity index (χ2n) is 3.94. The minimum Gasteiger partial charge on any atom is -0.479 e. The van der Waals surface area contributed by atoms with Crippen LogP contribution in [0.25, 0.3) is 0 Å². The molecule has 0 aliphatic carbocycles. The Kier molecular flexibility index (Phi) is 3.21. The molecule has 0 aromatic heterocycles. The van der Waals surface area contributed by atoms with E-state index in [1.54, 1.807) is 6.92 Å². The van der Waals surface area contributed by atoms with Gasteiger partial charge in [0.2, 0.25) is 11.4 Å². The summed E-state index contributed by atoms with van der Waals surface area (Å²) < 4.78 is 0. The molecule has 2 N–H and O–H groups in total. The first-order valence-corrected chi connectivity index (χ1v) is 5.14. The average Bonchev–Trinajstić information content (AvgIpc) is 2.56. The molecule has 0 aromatic rings. The zero-order chi connectivity index (χ0) is 12.5. The number of likely N-dealkylation sites (tertiary alicyclic amines) is 1. The number of carboxylic acid groups (broad SMARTS) is 2. The molecule has 6 heteroatoms. The minimum atomic E-state index is -2.08. The van der Waals surface area contributed by atoms with E-state index < -0.39 is 29.3 Å². The van der Waals surface area contributed by atoms with E-state index in [-0.39, 0.29) is 6.54 Å². The summed E-state index contributed by atoms with van der Waals surface area (Å²) in [5.41, 5.74) is -2.08. The summed E-state index contributed by atoms with van der Waals surface area (Å²) in [6.45, 7) is 3.11. The molecule has 1 fully saturated rings.